The number of hydrogen-bond acceptors (Lipinski definition) is 4. The van der Waals surface area contributed by atoms with Crippen LogP contribution in [0.5, 0.6) is 0 Å². The quantitative estimate of drug-likeness (QED) is 0.815. The Bertz CT molecular complexity index is 508. The van der Waals surface area contributed by atoms with Crippen molar-refractivity contribution in [3.63, 3.8) is 0 Å². The molecule has 19 heavy (non-hydrogen) atoms. The second-order valence-electron chi connectivity index (χ2n) is 5.20. The molecular formula is C13H25N3O2S. The van der Waals surface area contributed by atoms with Crippen molar-refractivity contribution >= 4 is 9.84 Å². The van der Waals surface area contributed by atoms with Gasteiger partial charge in [0, 0.05) is 31.5 Å². The van der Waals surface area contributed by atoms with Gasteiger partial charge in [-0.3, -0.25) is 4.68 Å². The summed E-state index contributed by atoms with van der Waals surface area (Å²) >= 11 is 0. The van der Waals surface area contributed by atoms with Crippen molar-refractivity contribution in [2.45, 2.75) is 44.9 Å². The van der Waals surface area contributed by atoms with Gasteiger partial charge in [0.15, 0.2) is 9.84 Å². The monoisotopic (exact) mass is 287 g/mol. The summed E-state index contributed by atoms with van der Waals surface area (Å²) in [7, 11) is -1.16. The van der Waals surface area contributed by atoms with Gasteiger partial charge in [-0.1, -0.05) is 6.92 Å². The van der Waals surface area contributed by atoms with Crippen molar-refractivity contribution in [3.05, 3.63) is 17.5 Å². The van der Waals surface area contributed by atoms with Crippen molar-refractivity contribution in [1.82, 2.24) is 15.1 Å². The molecule has 2 atom stereocenters. The number of hydrogen-bond donors (Lipinski definition) is 1. The summed E-state index contributed by atoms with van der Waals surface area (Å²) < 4.78 is 25.3. The van der Waals surface area contributed by atoms with Crippen LogP contribution in [0, 0.1) is 6.92 Å². The second-order valence-corrected chi connectivity index (χ2v) is 7.60. The summed E-state index contributed by atoms with van der Waals surface area (Å²) in [6, 6.07) is 1.93. The van der Waals surface area contributed by atoms with Gasteiger partial charge in [-0.25, -0.2) is 8.42 Å². The first-order valence-corrected chi connectivity index (χ1v) is 8.63. The fraction of sp³-hybridized carbons (Fsp3) is 0.769. The summed E-state index contributed by atoms with van der Waals surface area (Å²) in [5.41, 5.74) is 2.01. The van der Waals surface area contributed by atoms with Crippen LogP contribution in [-0.4, -0.2) is 42.3 Å². The van der Waals surface area contributed by atoms with Crippen LogP contribution in [0.3, 0.4) is 0 Å². The molecule has 5 nitrogen and oxygen atoms in total. The summed E-state index contributed by atoms with van der Waals surface area (Å²) in [4.78, 5) is 0. The number of nitrogens with zero attached hydrogens (tertiary/aromatic N) is 2. The fourth-order valence-electron chi connectivity index (χ4n) is 2.11. The predicted octanol–water partition coefficient (Wildman–Crippen LogP) is 1.07. The third-order valence-electron chi connectivity index (χ3n) is 3.43. The van der Waals surface area contributed by atoms with Gasteiger partial charge < -0.3 is 5.32 Å². The first-order valence-electron chi connectivity index (χ1n) is 6.67. The molecule has 1 N–H and O–H groups in total. The normalized spacial score (nSPS) is 15.4. The molecule has 1 aromatic heterocycles. The van der Waals surface area contributed by atoms with Crippen LogP contribution in [-0.2, 0) is 23.3 Å². The minimum Gasteiger partial charge on any atom is -0.312 e. The Hall–Kier alpha value is -0.880. The third kappa shape index (κ3) is 4.62. The lowest BCUT2D eigenvalue weighted by Crippen LogP contribution is -2.44. The number of aryl methyl sites for hydroxylation is 2. The van der Waals surface area contributed by atoms with Gasteiger partial charge in [0.05, 0.1) is 10.9 Å². The first kappa shape index (κ1) is 16.2. The van der Waals surface area contributed by atoms with E-state index in [-0.39, 0.29) is 6.04 Å². The highest BCUT2D eigenvalue weighted by molar-refractivity contribution is 7.91. The smallest absolute Gasteiger partial charge is 0.151 e. The van der Waals surface area contributed by atoms with E-state index in [0.29, 0.717) is 6.42 Å². The van der Waals surface area contributed by atoms with Gasteiger partial charge in [0.25, 0.3) is 0 Å². The molecule has 0 aliphatic rings. The summed E-state index contributed by atoms with van der Waals surface area (Å²) in [6.07, 6.45) is 2.95. The molecule has 0 saturated heterocycles. The number of aromatic nitrogens is 2. The van der Waals surface area contributed by atoms with E-state index in [2.05, 4.69) is 17.3 Å². The topological polar surface area (TPSA) is 64.0 Å². The van der Waals surface area contributed by atoms with E-state index in [1.807, 2.05) is 24.7 Å². The van der Waals surface area contributed by atoms with Gasteiger partial charge in [-0.05, 0) is 32.9 Å². The SMILES string of the molecule is CCCNC(Cc1cc(C)nn1C)C(C)S(C)(=O)=O. The maximum Gasteiger partial charge on any atom is 0.151 e. The van der Waals surface area contributed by atoms with E-state index >= 15 is 0 Å². The van der Waals surface area contributed by atoms with E-state index in [1.165, 1.54) is 6.26 Å². The lowest BCUT2D eigenvalue weighted by atomic mass is 10.1. The zero-order chi connectivity index (χ0) is 14.6. The molecular weight excluding hydrogens is 262 g/mol. The van der Waals surface area contributed by atoms with Crippen molar-refractivity contribution in [3.8, 4) is 0 Å². The Labute approximate surface area is 116 Å². The van der Waals surface area contributed by atoms with Gasteiger partial charge in [0.2, 0.25) is 0 Å². The second kappa shape index (κ2) is 6.52. The zero-order valence-electron chi connectivity index (χ0n) is 12.5. The lowest BCUT2D eigenvalue weighted by molar-refractivity contribution is 0.471. The minimum absolute atomic E-state index is 0.0789. The van der Waals surface area contributed by atoms with Gasteiger partial charge in [0.1, 0.15) is 0 Å². The molecule has 0 fully saturated rings. The predicted molar refractivity (Wildman–Crippen MR) is 78.0 cm³/mol. The molecule has 1 heterocycles. The molecule has 1 rings (SSSR count). The van der Waals surface area contributed by atoms with E-state index in [0.717, 1.165) is 24.4 Å². The number of rotatable bonds is 7. The Morgan fingerprint density at radius 2 is 2.11 bits per heavy atom. The fourth-order valence-corrected chi connectivity index (χ4v) is 2.90. The Morgan fingerprint density at radius 1 is 1.47 bits per heavy atom. The molecule has 0 aliphatic carbocycles. The Kier molecular flexibility index (Phi) is 5.55. The first-order chi connectivity index (χ1) is 8.75. The van der Waals surface area contributed by atoms with Crippen molar-refractivity contribution in [2.24, 2.45) is 7.05 Å². The van der Waals surface area contributed by atoms with Crippen LogP contribution in [0.25, 0.3) is 0 Å². The maximum absolute atomic E-state index is 11.8. The molecule has 0 spiro atoms. The molecule has 6 heteroatoms. The van der Waals surface area contributed by atoms with Crippen LogP contribution < -0.4 is 5.32 Å². The van der Waals surface area contributed by atoms with Crippen LogP contribution in [0.4, 0.5) is 0 Å². The molecule has 2 unspecified atom stereocenters. The van der Waals surface area contributed by atoms with E-state index < -0.39 is 15.1 Å². The highest BCUT2D eigenvalue weighted by Crippen LogP contribution is 2.12. The largest absolute Gasteiger partial charge is 0.312 e. The molecule has 0 amide bonds. The number of nitrogens with one attached hydrogen (secondary N) is 1. The van der Waals surface area contributed by atoms with Gasteiger partial charge in [-0.2, -0.15) is 5.10 Å². The average molecular weight is 287 g/mol. The maximum atomic E-state index is 11.8. The van der Waals surface area contributed by atoms with Crippen molar-refractivity contribution < 1.29 is 8.42 Å². The van der Waals surface area contributed by atoms with Gasteiger partial charge in [-0.15, -0.1) is 0 Å². The Morgan fingerprint density at radius 3 is 2.53 bits per heavy atom. The summed E-state index contributed by atoms with van der Waals surface area (Å²) in [5, 5.41) is 7.24. The molecule has 0 radical (unpaired) electrons. The minimum atomic E-state index is -3.05. The lowest BCUT2D eigenvalue weighted by Gasteiger charge is -2.24. The van der Waals surface area contributed by atoms with Crippen LogP contribution in [0.15, 0.2) is 6.07 Å². The van der Waals surface area contributed by atoms with Crippen LogP contribution in [0.1, 0.15) is 31.7 Å². The van der Waals surface area contributed by atoms with E-state index in [1.54, 1.807) is 6.92 Å². The van der Waals surface area contributed by atoms with Crippen molar-refractivity contribution in [1.29, 1.82) is 0 Å². The van der Waals surface area contributed by atoms with E-state index in [9.17, 15) is 8.42 Å². The number of sulfone groups is 1. The standard InChI is InChI=1S/C13H25N3O2S/c1-6-7-14-13(11(3)19(5,17)18)9-12-8-10(2)15-16(12)4/h8,11,13-14H,6-7,9H2,1-5H3. The van der Waals surface area contributed by atoms with Crippen LogP contribution >= 0.6 is 0 Å². The zero-order valence-corrected chi connectivity index (χ0v) is 13.3. The van der Waals surface area contributed by atoms with Crippen LogP contribution in [0.2, 0.25) is 0 Å². The molecule has 1 aromatic rings. The third-order valence-corrected chi connectivity index (χ3v) is 5.11. The van der Waals surface area contributed by atoms with Gasteiger partial charge >= 0.3 is 0 Å². The highest BCUT2D eigenvalue weighted by atomic mass is 32.2. The summed E-state index contributed by atoms with van der Waals surface area (Å²) in [5.74, 6) is 0. The van der Waals surface area contributed by atoms with Crippen molar-refractivity contribution in [2.75, 3.05) is 12.8 Å². The van der Waals surface area contributed by atoms with E-state index in [4.69, 9.17) is 0 Å². The average Bonchev–Trinajstić information content (AvgIpc) is 2.61. The molecule has 0 aliphatic heterocycles. The molecule has 0 aromatic carbocycles. The summed E-state index contributed by atoms with van der Waals surface area (Å²) in [6.45, 7) is 6.61. The highest BCUT2D eigenvalue weighted by Gasteiger charge is 2.26. The Balaban J connectivity index is 2.88. The molecule has 0 bridgehead atoms. The molecule has 110 valence electrons. The molecule has 0 saturated carbocycles.